The maximum atomic E-state index is 12.3. The van der Waals surface area contributed by atoms with Crippen LogP contribution in [-0.2, 0) is 18.4 Å². The third kappa shape index (κ3) is 4.60. The topological polar surface area (TPSA) is 52.6 Å². The van der Waals surface area contributed by atoms with Crippen molar-refractivity contribution in [3.05, 3.63) is 12.2 Å². The predicted octanol–water partition coefficient (Wildman–Crippen LogP) is 3.18. The molecule has 0 fully saturated rings. The zero-order valence-electron chi connectivity index (χ0n) is 10.4. The van der Waals surface area contributed by atoms with Gasteiger partial charge in [-0.3, -0.25) is 9.36 Å². The minimum Gasteiger partial charge on any atom is -0.308 e. The van der Waals surface area contributed by atoms with Gasteiger partial charge < -0.3 is 9.05 Å². The summed E-state index contributed by atoms with van der Waals surface area (Å²) in [4.78, 5) is 11.5. The van der Waals surface area contributed by atoms with E-state index in [1.807, 2.05) is 6.92 Å². The molecule has 0 radical (unpaired) electrons. The Balaban J connectivity index is 5.01. The molecule has 0 N–H and O–H groups in total. The van der Waals surface area contributed by atoms with Crippen molar-refractivity contribution in [1.82, 2.24) is 0 Å². The number of hydrogen-bond donors (Lipinski definition) is 0. The highest BCUT2D eigenvalue weighted by molar-refractivity contribution is 7.56. The molecule has 0 bridgehead atoms. The molecule has 0 aliphatic carbocycles. The number of ketones is 1. The minimum atomic E-state index is -3.35. The first-order chi connectivity index (χ1) is 7.51. The van der Waals surface area contributed by atoms with Gasteiger partial charge in [-0.15, -0.1) is 0 Å². The molecule has 0 aliphatic rings. The standard InChI is InChI=1S/C11H21O4P/c1-5-8-9-11(10(4)12)16(13,14-6-2)15-7-3/h8-9,11H,5-7H2,1-4H3/b9-8+. The molecule has 1 unspecified atom stereocenters. The summed E-state index contributed by atoms with van der Waals surface area (Å²) in [5, 5.41) is 0. The fourth-order valence-corrected chi connectivity index (χ4v) is 3.18. The summed E-state index contributed by atoms with van der Waals surface area (Å²) in [6, 6.07) is 0. The van der Waals surface area contributed by atoms with Crippen molar-refractivity contribution in [3.8, 4) is 0 Å². The quantitative estimate of drug-likeness (QED) is 0.489. The zero-order chi connectivity index (χ0) is 12.6. The number of carbonyl (C=O) groups is 1. The first-order valence-electron chi connectivity index (χ1n) is 5.57. The molecule has 1 atom stereocenters. The lowest BCUT2D eigenvalue weighted by atomic mass is 10.2. The van der Waals surface area contributed by atoms with Crippen LogP contribution in [0.1, 0.15) is 34.1 Å². The summed E-state index contributed by atoms with van der Waals surface area (Å²) in [6.07, 6.45) is 4.20. The van der Waals surface area contributed by atoms with Gasteiger partial charge in [0.15, 0.2) is 0 Å². The molecule has 0 heterocycles. The van der Waals surface area contributed by atoms with Crippen LogP contribution in [0.25, 0.3) is 0 Å². The highest BCUT2D eigenvalue weighted by Crippen LogP contribution is 2.53. The minimum absolute atomic E-state index is 0.199. The second kappa shape index (κ2) is 7.77. The van der Waals surface area contributed by atoms with Gasteiger partial charge in [-0.25, -0.2) is 0 Å². The Morgan fingerprint density at radius 2 is 1.75 bits per heavy atom. The van der Waals surface area contributed by atoms with Gasteiger partial charge in [-0.05, 0) is 27.2 Å². The van der Waals surface area contributed by atoms with Crippen LogP contribution in [-0.4, -0.2) is 24.7 Å². The SMILES string of the molecule is CC/C=C/C(C(C)=O)P(=O)(OCC)OCC. The number of allylic oxidation sites excluding steroid dienone is 2. The van der Waals surface area contributed by atoms with Gasteiger partial charge in [0.2, 0.25) is 0 Å². The summed E-state index contributed by atoms with van der Waals surface area (Å²) in [5.41, 5.74) is -0.785. The smallest absolute Gasteiger partial charge is 0.308 e. The molecule has 5 heteroatoms. The molecule has 0 aromatic carbocycles. The van der Waals surface area contributed by atoms with E-state index in [1.165, 1.54) is 6.92 Å². The Hall–Kier alpha value is -0.440. The van der Waals surface area contributed by atoms with E-state index >= 15 is 0 Å². The maximum Gasteiger partial charge on any atom is 0.344 e. The van der Waals surface area contributed by atoms with Gasteiger partial charge >= 0.3 is 7.60 Å². The van der Waals surface area contributed by atoms with Crippen LogP contribution in [0.4, 0.5) is 0 Å². The summed E-state index contributed by atoms with van der Waals surface area (Å²) < 4.78 is 22.6. The van der Waals surface area contributed by atoms with Crippen molar-refractivity contribution in [3.63, 3.8) is 0 Å². The van der Waals surface area contributed by atoms with Crippen molar-refractivity contribution in [1.29, 1.82) is 0 Å². The van der Waals surface area contributed by atoms with E-state index in [0.717, 1.165) is 6.42 Å². The second-order valence-corrected chi connectivity index (χ2v) is 5.42. The number of Topliss-reactive ketones (excluding diaryl/α,β-unsaturated/α-hetero) is 1. The summed E-state index contributed by atoms with van der Waals surface area (Å²) in [7, 11) is -3.35. The number of carbonyl (C=O) groups excluding carboxylic acids is 1. The molecule has 0 spiro atoms. The average Bonchev–Trinajstić information content (AvgIpc) is 2.18. The second-order valence-electron chi connectivity index (χ2n) is 3.27. The molecular formula is C11H21O4P. The van der Waals surface area contributed by atoms with E-state index < -0.39 is 13.3 Å². The molecule has 0 saturated carbocycles. The lowest BCUT2D eigenvalue weighted by Gasteiger charge is -2.22. The number of rotatable bonds is 8. The molecule has 94 valence electrons. The van der Waals surface area contributed by atoms with Gasteiger partial charge in [0.25, 0.3) is 0 Å². The Morgan fingerprint density at radius 3 is 2.06 bits per heavy atom. The third-order valence-electron chi connectivity index (χ3n) is 1.93. The van der Waals surface area contributed by atoms with Crippen LogP contribution < -0.4 is 0 Å². The highest BCUT2D eigenvalue weighted by atomic mass is 31.2. The molecule has 16 heavy (non-hydrogen) atoms. The van der Waals surface area contributed by atoms with Crippen molar-refractivity contribution in [2.75, 3.05) is 13.2 Å². The highest BCUT2D eigenvalue weighted by Gasteiger charge is 2.36. The van der Waals surface area contributed by atoms with Crippen molar-refractivity contribution >= 4 is 13.4 Å². The summed E-state index contributed by atoms with van der Waals surface area (Å²) in [5.74, 6) is -0.199. The number of hydrogen-bond acceptors (Lipinski definition) is 4. The fraction of sp³-hybridized carbons (Fsp3) is 0.727. The van der Waals surface area contributed by atoms with E-state index in [2.05, 4.69) is 0 Å². The van der Waals surface area contributed by atoms with Crippen molar-refractivity contribution in [2.45, 2.75) is 39.8 Å². The van der Waals surface area contributed by atoms with E-state index in [-0.39, 0.29) is 19.0 Å². The van der Waals surface area contributed by atoms with Crippen LogP contribution in [0.3, 0.4) is 0 Å². The van der Waals surface area contributed by atoms with Gasteiger partial charge in [0.05, 0.1) is 13.2 Å². The molecular weight excluding hydrogens is 227 g/mol. The van der Waals surface area contributed by atoms with Crippen LogP contribution in [0.15, 0.2) is 12.2 Å². The molecule has 0 rings (SSSR count). The molecule has 4 nitrogen and oxygen atoms in total. The molecule has 0 saturated heterocycles. The average molecular weight is 248 g/mol. The largest absolute Gasteiger partial charge is 0.344 e. The Kier molecular flexibility index (Phi) is 7.56. The first kappa shape index (κ1) is 15.6. The lowest BCUT2D eigenvalue weighted by molar-refractivity contribution is -0.116. The van der Waals surface area contributed by atoms with E-state index in [9.17, 15) is 9.36 Å². The Labute approximate surface area is 97.6 Å². The summed E-state index contributed by atoms with van der Waals surface area (Å²) in [6.45, 7) is 7.33. The normalized spacial score (nSPS) is 14.2. The van der Waals surface area contributed by atoms with Gasteiger partial charge in [-0.2, -0.15) is 0 Å². The molecule has 0 aromatic rings. The van der Waals surface area contributed by atoms with Gasteiger partial charge in [0, 0.05) is 0 Å². The first-order valence-corrected chi connectivity index (χ1v) is 7.18. The van der Waals surface area contributed by atoms with Gasteiger partial charge in [0.1, 0.15) is 11.4 Å². The zero-order valence-corrected chi connectivity index (χ0v) is 11.3. The Bertz CT molecular complexity index is 276. The molecule has 0 aliphatic heterocycles. The van der Waals surface area contributed by atoms with E-state index in [4.69, 9.17) is 9.05 Å². The van der Waals surface area contributed by atoms with Crippen LogP contribution in [0.2, 0.25) is 0 Å². The van der Waals surface area contributed by atoms with Crippen molar-refractivity contribution < 1.29 is 18.4 Å². The van der Waals surface area contributed by atoms with Crippen LogP contribution in [0, 0.1) is 0 Å². The van der Waals surface area contributed by atoms with Crippen molar-refractivity contribution in [2.24, 2.45) is 0 Å². The summed E-state index contributed by atoms with van der Waals surface area (Å²) >= 11 is 0. The lowest BCUT2D eigenvalue weighted by Crippen LogP contribution is -2.19. The van der Waals surface area contributed by atoms with E-state index in [0.29, 0.717) is 0 Å². The third-order valence-corrected chi connectivity index (χ3v) is 4.38. The van der Waals surface area contributed by atoms with Crippen LogP contribution in [0.5, 0.6) is 0 Å². The van der Waals surface area contributed by atoms with Crippen LogP contribution >= 0.6 is 7.60 Å². The van der Waals surface area contributed by atoms with E-state index in [1.54, 1.807) is 26.0 Å². The molecule has 0 amide bonds. The predicted molar refractivity (Wildman–Crippen MR) is 64.8 cm³/mol. The monoisotopic (exact) mass is 248 g/mol. The fourth-order valence-electron chi connectivity index (χ4n) is 1.29. The molecule has 0 aromatic heterocycles. The maximum absolute atomic E-state index is 12.3. The van der Waals surface area contributed by atoms with Gasteiger partial charge in [-0.1, -0.05) is 19.1 Å². The Morgan fingerprint density at radius 1 is 1.25 bits per heavy atom.